The third-order valence-corrected chi connectivity index (χ3v) is 6.41. The maximum Gasteiger partial charge on any atom is 0.179 e. The Bertz CT molecular complexity index is 577. The Kier molecular flexibility index (Phi) is 5.31. The quantitative estimate of drug-likeness (QED) is 0.826. The Morgan fingerprint density at radius 2 is 1.95 bits per heavy atom. The summed E-state index contributed by atoms with van der Waals surface area (Å²) in [7, 11) is -4.01. The lowest BCUT2D eigenvalue weighted by Gasteiger charge is -2.25. The summed E-state index contributed by atoms with van der Waals surface area (Å²) in [6, 6.07) is 6.79. The normalized spacial score (nSPS) is 18.2. The maximum absolute atomic E-state index is 12.3. The summed E-state index contributed by atoms with van der Waals surface area (Å²) in [5.41, 5.74) is 6.35. The highest BCUT2D eigenvalue weighted by molar-refractivity contribution is 7.91. The Hall–Kier alpha value is -0.760. The second-order valence-electron chi connectivity index (χ2n) is 4.86. The summed E-state index contributed by atoms with van der Waals surface area (Å²) in [5, 5.41) is 0. The summed E-state index contributed by atoms with van der Waals surface area (Å²) in [4.78, 5) is 2.40. The molecule has 1 aliphatic heterocycles. The van der Waals surface area contributed by atoms with Gasteiger partial charge in [0.15, 0.2) is 9.84 Å². The first-order chi connectivity index (χ1) is 9.51. The highest BCUT2D eigenvalue weighted by atomic mass is 32.2. The van der Waals surface area contributed by atoms with Crippen molar-refractivity contribution in [1.82, 2.24) is 4.90 Å². The summed E-state index contributed by atoms with van der Waals surface area (Å²) in [6.45, 7) is 2.25. The number of sulfone groups is 1. The molecule has 112 valence electrons. The molecule has 0 amide bonds. The van der Waals surface area contributed by atoms with Gasteiger partial charge in [0.2, 0.25) is 0 Å². The molecule has 0 bridgehead atoms. The van der Waals surface area contributed by atoms with E-state index in [0.29, 0.717) is 42.6 Å². The summed E-state index contributed by atoms with van der Waals surface area (Å²) in [6.07, 6.45) is 0. The van der Waals surface area contributed by atoms with Gasteiger partial charge in [-0.3, -0.25) is 4.21 Å². The second kappa shape index (κ2) is 6.80. The van der Waals surface area contributed by atoms with Gasteiger partial charge in [-0.1, -0.05) is 12.1 Å². The zero-order valence-corrected chi connectivity index (χ0v) is 13.0. The molecule has 0 spiro atoms. The molecule has 1 saturated heterocycles. The average Bonchev–Trinajstić information content (AvgIpc) is 2.47. The van der Waals surface area contributed by atoms with Gasteiger partial charge in [-0.05, 0) is 17.7 Å². The van der Waals surface area contributed by atoms with Crippen LogP contribution in [0.5, 0.6) is 0 Å². The first kappa shape index (κ1) is 15.6. The maximum atomic E-state index is 12.3. The SMILES string of the molecule is NCc1cccc(S(=O)(=O)CCN2CCS(=O)CC2)c1. The fourth-order valence-electron chi connectivity index (χ4n) is 2.13. The average molecular weight is 316 g/mol. The van der Waals surface area contributed by atoms with Gasteiger partial charge in [0.05, 0.1) is 10.6 Å². The van der Waals surface area contributed by atoms with Gasteiger partial charge < -0.3 is 10.6 Å². The zero-order chi connectivity index (χ0) is 14.6. The first-order valence-electron chi connectivity index (χ1n) is 6.60. The monoisotopic (exact) mass is 316 g/mol. The zero-order valence-electron chi connectivity index (χ0n) is 11.3. The van der Waals surface area contributed by atoms with Crippen LogP contribution in [0.25, 0.3) is 0 Å². The Morgan fingerprint density at radius 3 is 2.60 bits per heavy atom. The van der Waals surface area contributed by atoms with Crippen molar-refractivity contribution in [3.63, 3.8) is 0 Å². The molecule has 5 nitrogen and oxygen atoms in total. The van der Waals surface area contributed by atoms with Crippen LogP contribution in [0.2, 0.25) is 0 Å². The van der Waals surface area contributed by atoms with Gasteiger partial charge in [0.1, 0.15) is 0 Å². The van der Waals surface area contributed by atoms with Gasteiger partial charge >= 0.3 is 0 Å². The number of hydrogen-bond acceptors (Lipinski definition) is 5. The lowest BCUT2D eigenvalue weighted by molar-refractivity contribution is 0.317. The number of rotatable bonds is 5. The predicted molar refractivity (Wildman–Crippen MR) is 80.7 cm³/mol. The Labute approximate surface area is 122 Å². The van der Waals surface area contributed by atoms with Gasteiger partial charge in [-0.2, -0.15) is 0 Å². The van der Waals surface area contributed by atoms with E-state index in [1.807, 2.05) is 6.07 Å². The van der Waals surface area contributed by atoms with Gasteiger partial charge in [0, 0.05) is 48.5 Å². The van der Waals surface area contributed by atoms with E-state index in [4.69, 9.17) is 5.73 Å². The van der Waals surface area contributed by atoms with E-state index in [9.17, 15) is 12.6 Å². The van der Waals surface area contributed by atoms with Crippen LogP contribution in [0.1, 0.15) is 5.56 Å². The minimum atomic E-state index is -3.28. The van der Waals surface area contributed by atoms with Crippen LogP contribution in [0.15, 0.2) is 29.2 Å². The first-order valence-corrected chi connectivity index (χ1v) is 9.74. The van der Waals surface area contributed by atoms with E-state index in [0.717, 1.165) is 5.56 Å². The molecule has 1 aliphatic rings. The lowest BCUT2D eigenvalue weighted by Crippen LogP contribution is -2.40. The molecular weight excluding hydrogens is 296 g/mol. The van der Waals surface area contributed by atoms with E-state index in [2.05, 4.69) is 4.90 Å². The summed E-state index contributed by atoms with van der Waals surface area (Å²) in [5.74, 6) is 1.37. The molecule has 2 N–H and O–H groups in total. The van der Waals surface area contributed by atoms with Crippen LogP contribution in [0.3, 0.4) is 0 Å². The van der Waals surface area contributed by atoms with Crippen molar-refractivity contribution in [2.24, 2.45) is 5.73 Å². The van der Waals surface area contributed by atoms with E-state index < -0.39 is 20.6 Å². The summed E-state index contributed by atoms with van der Waals surface area (Å²) < 4.78 is 35.8. The topological polar surface area (TPSA) is 80.5 Å². The molecule has 0 unspecified atom stereocenters. The van der Waals surface area contributed by atoms with Crippen molar-refractivity contribution in [2.75, 3.05) is 36.9 Å². The molecule has 1 aromatic rings. The van der Waals surface area contributed by atoms with Crippen molar-refractivity contribution in [3.8, 4) is 0 Å². The molecule has 0 atom stereocenters. The fourth-order valence-corrected chi connectivity index (χ4v) is 4.61. The van der Waals surface area contributed by atoms with Crippen molar-refractivity contribution in [2.45, 2.75) is 11.4 Å². The van der Waals surface area contributed by atoms with E-state index in [1.165, 1.54) is 0 Å². The van der Waals surface area contributed by atoms with Crippen molar-refractivity contribution in [1.29, 1.82) is 0 Å². The van der Waals surface area contributed by atoms with E-state index >= 15 is 0 Å². The van der Waals surface area contributed by atoms with Gasteiger partial charge in [-0.15, -0.1) is 0 Å². The highest BCUT2D eigenvalue weighted by Crippen LogP contribution is 2.14. The van der Waals surface area contributed by atoms with Crippen LogP contribution in [-0.4, -0.2) is 54.4 Å². The molecule has 0 radical (unpaired) electrons. The van der Waals surface area contributed by atoms with Gasteiger partial charge in [-0.25, -0.2) is 8.42 Å². The van der Waals surface area contributed by atoms with Crippen molar-refractivity contribution >= 4 is 20.6 Å². The number of nitrogens with two attached hydrogens (primary N) is 1. The van der Waals surface area contributed by atoms with Crippen molar-refractivity contribution < 1.29 is 12.6 Å². The fraction of sp³-hybridized carbons (Fsp3) is 0.538. The third-order valence-electron chi connectivity index (χ3n) is 3.44. The number of benzene rings is 1. The Balaban J connectivity index is 1.98. The molecule has 7 heteroatoms. The molecule has 1 heterocycles. The molecule has 20 heavy (non-hydrogen) atoms. The molecular formula is C13H20N2O3S2. The van der Waals surface area contributed by atoms with Crippen LogP contribution >= 0.6 is 0 Å². The summed E-state index contributed by atoms with van der Waals surface area (Å²) >= 11 is 0. The standard InChI is InChI=1S/C13H20N2O3S2/c14-11-12-2-1-3-13(10-12)20(17,18)9-6-15-4-7-19(16)8-5-15/h1-3,10H,4-9,11,14H2. The van der Waals surface area contributed by atoms with Crippen molar-refractivity contribution in [3.05, 3.63) is 29.8 Å². The predicted octanol–water partition coefficient (Wildman–Crippen LogP) is -0.0167. The molecule has 0 saturated carbocycles. The Morgan fingerprint density at radius 1 is 1.25 bits per heavy atom. The molecule has 2 rings (SSSR count). The number of hydrogen-bond donors (Lipinski definition) is 1. The molecule has 0 aromatic heterocycles. The third kappa shape index (κ3) is 4.12. The highest BCUT2D eigenvalue weighted by Gasteiger charge is 2.19. The van der Waals surface area contributed by atoms with Crippen LogP contribution in [0.4, 0.5) is 0 Å². The molecule has 1 aromatic carbocycles. The number of nitrogens with zero attached hydrogens (tertiary/aromatic N) is 1. The largest absolute Gasteiger partial charge is 0.326 e. The minimum Gasteiger partial charge on any atom is -0.326 e. The molecule has 0 aliphatic carbocycles. The van der Waals surface area contributed by atoms with Crippen LogP contribution < -0.4 is 5.73 Å². The second-order valence-corrected chi connectivity index (χ2v) is 8.67. The van der Waals surface area contributed by atoms with E-state index in [-0.39, 0.29) is 5.75 Å². The smallest absolute Gasteiger partial charge is 0.179 e. The van der Waals surface area contributed by atoms with E-state index in [1.54, 1.807) is 18.2 Å². The van der Waals surface area contributed by atoms with Gasteiger partial charge in [0.25, 0.3) is 0 Å². The lowest BCUT2D eigenvalue weighted by atomic mass is 10.2. The minimum absolute atomic E-state index is 0.0909. The molecule has 1 fully saturated rings. The van der Waals surface area contributed by atoms with Crippen LogP contribution in [0, 0.1) is 0 Å². The van der Waals surface area contributed by atoms with Crippen LogP contribution in [-0.2, 0) is 27.2 Å².